The molecule has 1 fully saturated rings. The first-order valence-electron chi connectivity index (χ1n) is 7.43. The lowest BCUT2D eigenvalue weighted by Crippen LogP contribution is -2.26. The topological polar surface area (TPSA) is 37.6 Å². The third kappa shape index (κ3) is 5.35. The molecule has 0 radical (unpaired) electrons. The Kier molecular flexibility index (Phi) is 5.89. The molecule has 2 rings (SSSR count). The van der Waals surface area contributed by atoms with Crippen LogP contribution in [0.5, 0.6) is 0 Å². The van der Waals surface area contributed by atoms with Crippen LogP contribution in [0.15, 0.2) is 16.5 Å². The lowest BCUT2D eigenvalue weighted by Gasteiger charge is -2.18. The lowest BCUT2D eigenvalue weighted by atomic mass is 10.3. The number of rotatable bonds is 10. The summed E-state index contributed by atoms with van der Waals surface area (Å²) in [4.78, 5) is 2.34. The minimum Gasteiger partial charge on any atom is -0.463 e. The molecule has 1 aliphatic rings. The Morgan fingerprint density at radius 2 is 2.11 bits per heavy atom. The van der Waals surface area contributed by atoms with Crippen molar-refractivity contribution in [3.63, 3.8) is 0 Å². The van der Waals surface area contributed by atoms with Gasteiger partial charge >= 0.3 is 0 Å². The van der Waals surface area contributed by atoms with Gasteiger partial charge in [0, 0.05) is 19.2 Å². The van der Waals surface area contributed by atoms with Gasteiger partial charge in [0.1, 0.15) is 11.5 Å². The molecule has 0 bridgehead atoms. The first kappa shape index (κ1) is 14.6. The molecule has 1 saturated carbocycles. The Balaban J connectivity index is 1.72. The van der Waals surface area contributed by atoms with E-state index in [1.165, 1.54) is 12.8 Å². The molecule has 1 heterocycles. The molecule has 0 unspecified atom stereocenters. The Morgan fingerprint density at radius 1 is 1.32 bits per heavy atom. The minimum absolute atomic E-state index is 0.729. The summed E-state index contributed by atoms with van der Waals surface area (Å²) in [6.45, 7) is 9.48. The molecule has 108 valence electrons. The fourth-order valence-corrected chi connectivity index (χ4v) is 2.04. The van der Waals surface area contributed by atoms with Gasteiger partial charge in [0.2, 0.25) is 0 Å². The van der Waals surface area contributed by atoms with Crippen molar-refractivity contribution in [3.05, 3.63) is 23.7 Å². The number of ether oxygens (including phenoxy) is 1. The lowest BCUT2D eigenvalue weighted by molar-refractivity contribution is 0.110. The van der Waals surface area contributed by atoms with Gasteiger partial charge in [-0.2, -0.15) is 0 Å². The molecule has 1 N–H and O–H groups in total. The maximum atomic E-state index is 5.86. The number of hydrogen-bond acceptors (Lipinski definition) is 4. The van der Waals surface area contributed by atoms with Crippen LogP contribution in [0.1, 0.15) is 38.2 Å². The average Bonchev–Trinajstić information content (AvgIpc) is 3.15. The van der Waals surface area contributed by atoms with Crippen molar-refractivity contribution in [3.8, 4) is 0 Å². The second-order valence-electron chi connectivity index (χ2n) is 5.09. The van der Waals surface area contributed by atoms with Gasteiger partial charge in [-0.25, -0.2) is 0 Å². The summed E-state index contributed by atoms with van der Waals surface area (Å²) < 4.78 is 11.3. The predicted octanol–water partition coefficient (Wildman–Crippen LogP) is 2.39. The van der Waals surface area contributed by atoms with Gasteiger partial charge in [-0.1, -0.05) is 6.92 Å². The summed E-state index contributed by atoms with van der Waals surface area (Å²) in [6.07, 6.45) is 2.63. The highest BCUT2D eigenvalue weighted by Gasteiger charge is 2.20. The summed E-state index contributed by atoms with van der Waals surface area (Å²) in [5.41, 5.74) is 0. The average molecular weight is 266 g/mol. The van der Waals surface area contributed by atoms with Gasteiger partial charge in [0.15, 0.2) is 0 Å². The monoisotopic (exact) mass is 266 g/mol. The third-order valence-corrected chi connectivity index (χ3v) is 3.44. The van der Waals surface area contributed by atoms with Crippen molar-refractivity contribution < 1.29 is 9.15 Å². The SMILES string of the molecule is CCOCCN(CC)Cc1ccc(CNC2CC2)o1. The number of furan rings is 1. The van der Waals surface area contributed by atoms with Crippen molar-refractivity contribution in [2.75, 3.05) is 26.3 Å². The van der Waals surface area contributed by atoms with Crippen molar-refractivity contribution in [1.82, 2.24) is 10.2 Å². The Hall–Kier alpha value is -0.840. The normalized spacial score (nSPS) is 15.3. The molecule has 1 aliphatic carbocycles. The van der Waals surface area contributed by atoms with Crippen LogP contribution in [-0.2, 0) is 17.8 Å². The van der Waals surface area contributed by atoms with Crippen LogP contribution in [0.4, 0.5) is 0 Å². The van der Waals surface area contributed by atoms with Gasteiger partial charge in [0.05, 0.1) is 19.7 Å². The molecule has 1 aromatic rings. The van der Waals surface area contributed by atoms with Crippen molar-refractivity contribution in [2.24, 2.45) is 0 Å². The van der Waals surface area contributed by atoms with E-state index in [0.29, 0.717) is 0 Å². The van der Waals surface area contributed by atoms with Gasteiger partial charge in [-0.15, -0.1) is 0 Å². The molecular formula is C15H26N2O2. The summed E-state index contributed by atoms with van der Waals surface area (Å²) in [5.74, 6) is 2.09. The molecule has 0 aromatic carbocycles. The van der Waals surface area contributed by atoms with Gasteiger partial charge < -0.3 is 14.5 Å². The second-order valence-corrected chi connectivity index (χ2v) is 5.09. The summed E-state index contributed by atoms with van der Waals surface area (Å²) in [6, 6.07) is 4.90. The van der Waals surface area contributed by atoms with Crippen LogP contribution < -0.4 is 5.32 Å². The molecule has 4 heteroatoms. The Labute approximate surface area is 116 Å². The summed E-state index contributed by atoms with van der Waals surface area (Å²) in [7, 11) is 0. The molecule has 19 heavy (non-hydrogen) atoms. The van der Waals surface area contributed by atoms with Crippen LogP contribution in [-0.4, -0.2) is 37.2 Å². The Morgan fingerprint density at radius 3 is 2.79 bits per heavy atom. The minimum atomic E-state index is 0.729. The van der Waals surface area contributed by atoms with Crippen LogP contribution in [0.25, 0.3) is 0 Å². The number of nitrogens with one attached hydrogen (secondary N) is 1. The van der Waals surface area contributed by atoms with E-state index in [9.17, 15) is 0 Å². The van der Waals surface area contributed by atoms with Crippen LogP contribution in [0.3, 0.4) is 0 Å². The zero-order valence-corrected chi connectivity index (χ0v) is 12.2. The van der Waals surface area contributed by atoms with E-state index < -0.39 is 0 Å². The van der Waals surface area contributed by atoms with E-state index in [0.717, 1.165) is 57.0 Å². The fourth-order valence-electron chi connectivity index (χ4n) is 2.04. The zero-order chi connectivity index (χ0) is 13.5. The standard InChI is InChI=1S/C15H26N2O2/c1-3-17(9-10-18-4-2)12-15-8-7-14(19-15)11-16-13-5-6-13/h7-8,13,16H,3-6,9-12H2,1-2H3. The van der Waals surface area contributed by atoms with Gasteiger partial charge in [-0.05, 0) is 38.4 Å². The summed E-state index contributed by atoms with van der Waals surface area (Å²) >= 11 is 0. The highest BCUT2D eigenvalue weighted by Crippen LogP contribution is 2.19. The number of likely N-dealkylation sites (N-methyl/N-ethyl adjacent to an activating group) is 1. The third-order valence-electron chi connectivity index (χ3n) is 3.44. The van der Waals surface area contributed by atoms with E-state index in [2.05, 4.69) is 29.3 Å². The number of hydrogen-bond donors (Lipinski definition) is 1. The molecule has 0 aliphatic heterocycles. The van der Waals surface area contributed by atoms with E-state index in [1.54, 1.807) is 0 Å². The molecule has 0 atom stereocenters. The molecule has 0 amide bonds. The van der Waals surface area contributed by atoms with E-state index in [4.69, 9.17) is 9.15 Å². The van der Waals surface area contributed by atoms with E-state index in [-0.39, 0.29) is 0 Å². The van der Waals surface area contributed by atoms with Crippen molar-refractivity contribution in [1.29, 1.82) is 0 Å². The second kappa shape index (κ2) is 7.68. The van der Waals surface area contributed by atoms with E-state index in [1.807, 2.05) is 6.92 Å². The smallest absolute Gasteiger partial charge is 0.118 e. The zero-order valence-electron chi connectivity index (χ0n) is 12.2. The van der Waals surface area contributed by atoms with E-state index >= 15 is 0 Å². The van der Waals surface area contributed by atoms with Gasteiger partial charge in [0.25, 0.3) is 0 Å². The predicted molar refractivity (Wildman–Crippen MR) is 76.0 cm³/mol. The Bertz CT molecular complexity index is 361. The quantitative estimate of drug-likeness (QED) is 0.660. The van der Waals surface area contributed by atoms with Crippen LogP contribution in [0, 0.1) is 0 Å². The molecule has 0 spiro atoms. The highest BCUT2D eigenvalue weighted by molar-refractivity contribution is 5.07. The molecule has 0 saturated heterocycles. The molecule has 1 aromatic heterocycles. The van der Waals surface area contributed by atoms with Gasteiger partial charge in [-0.3, -0.25) is 4.90 Å². The molecular weight excluding hydrogens is 240 g/mol. The first-order valence-corrected chi connectivity index (χ1v) is 7.43. The fraction of sp³-hybridized carbons (Fsp3) is 0.733. The molecule has 4 nitrogen and oxygen atoms in total. The maximum absolute atomic E-state index is 5.86. The highest BCUT2D eigenvalue weighted by atomic mass is 16.5. The van der Waals surface area contributed by atoms with Crippen LogP contribution in [0.2, 0.25) is 0 Å². The first-order chi connectivity index (χ1) is 9.31. The largest absolute Gasteiger partial charge is 0.463 e. The number of nitrogens with zero attached hydrogens (tertiary/aromatic N) is 1. The van der Waals surface area contributed by atoms with Crippen molar-refractivity contribution >= 4 is 0 Å². The van der Waals surface area contributed by atoms with Crippen LogP contribution >= 0.6 is 0 Å². The summed E-state index contributed by atoms with van der Waals surface area (Å²) in [5, 5.41) is 3.47. The van der Waals surface area contributed by atoms with Crippen molar-refractivity contribution in [2.45, 2.75) is 45.8 Å². The maximum Gasteiger partial charge on any atom is 0.118 e.